The molecule has 2 aromatic carbocycles. The summed E-state index contributed by atoms with van der Waals surface area (Å²) in [4.78, 5) is 20.1. The van der Waals surface area contributed by atoms with Crippen LogP contribution in [0.3, 0.4) is 0 Å². The Balaban J connectivity index is 0.000000176. The summed E-state index contributed by atoms with van der Waals surface area (Å²) < 4.78 is 0. The molecule has 2 aliphatic heterocycles. The lowest BCUT2D eigenvalue weighted by atomic mass is 10.2. The van der Waals surface area contributed by atoms with Crippen LogP contribution in [0.5, 0.6) is 0 Å². The third-order valence-electron chi connectivity index (χ3n) is 8.40. The zero-order valence-electron chi connectivity index (χ0n) is 28.3. The van der Waals surface area contributed by atoms with Gasteiger partial charge in [-0.3, -0.25) is 14.9 Å². The summed E-state index contributed by atoms with van der Waals surface area (Å²) in [5.41, 5.74) is 5.30. The van der Waals surface area contributed by atoms with Gasteiger partial charge in [0.05, 0.1) is 0 Å². The Morgan fingerprint density at radius 1 is 0.596 bits per heavy atom. The van der Waals surface area contributed by atoms with Crippen LogP contribution in [0.1, 0.15) is 11.1 Å². The van der Waals surface area contributed by atoms with Crippen LogP contribution in [0.2, 0.25) is 0 Å². The molecular formula is C38H53ClN8. The Morgan fingerprint density at radius 2 is 1.04 bits per heavy atom. The third-order valence-corrected chi connectivity index (χ3v) is 8.57. The molecule has 0 unspecified atom stereocenters. The van der Waals surface area contributed by atoms with Crippen molar-refractivity contribution in [2.24, 2.45) is 0 Å². The molecule has 6 rings (SSSR count). The summed E-state index contributed by atoms with van der Waals surface area (Å²) in [6, 6.07) is 29.4. The summed E-state index contributed by atoms with van der Waals surface area (Å²) in [5.74, 6) is 0.698. The van der Waals surface area contributed by atoms with Crippen LogP contribution in [0.4, 0.5) is 11.4 Å². The summed E-state index contributed by atoms with van der Waals surface area (Å²) in [6.45, 7) is 14.1. The maximum Gasteiger partial charge on any atom is 0.0397 e. The molecule has 0 aliphatic carbocycles. The number of likely N-dealkylation sites (N-methyl/N-ethyl adjacent to an activating group) is 1. The number of benzene rings is 2. The monoisotopic (exact) mass is 656 g/mol. The molecule has 1 N–H and O–H groups in total. The number of halogens is 1. The Kier molecular flexibility index (Phi) is 16.5. The second kappa shape index (κ2) is 21.4. The number of piperazine rings is 2. The zero-order valence-corrected chi connectivity index (χ0v) is 29.1. The van der Waals surface area contributed by atoms with Crippen LogP contribution in [0, 0.1) is 0 Å². The van der Waals surface area contributed by atoms with Gasteiger partial charge in [0.1, 0.15) is 0 Å². The number of hydrogen-bond donors (Lipinski definition) is 1. The molecule has 8 nitrogen and oxygen atoms in total. The number of hydrogen-bond acceptors (Lipinski definition) is 8. The Morgan fingerprint density at radius 3 is 1.51 bits per heavy atom. The molecule has 0 saturated carbocycles. The molecular weight excluding hydrogens is 604 g/mol. The predicted molar refractivity (Wildman–Crippen MR) is 198 cm³/mol. The van der Waals surface area contributed by atoms with Gasteiger partial charge < -0.3 is 24.9 Å². The lowest BCUT2D eigenvalue weighted by Crippen LogP contribution is -2.48. The first-order valence-corrected chi connectivity index (χ1v) is 17.4. The van der Waals surface area contributed by atoms with Gasteiger partial charge in [0.25, 0.3) is 0 Å². The highest BCUT2D eigenvalue weighted by Gasteiger charge is 2.17. The first-order chi connectivity index (χ1) is 23.1. The van der Waals surface area contributed by atoms with Gasteiger partial charge in [-0.25, -0.2) is 0 Å². The highest BCUT2D eigenvalue weighted by Crippen LogP contribution is 2.15. The smallest absolute Gasteiger partial charge is 0.0397 e. The maximum atomic E-state index is 5.62. The van der Waals surface area contributed by atoms with Crippen molar-refractivity contribution in [3.63, 3.8) is 0 Å². The first kappa shape index (κ1) is 36.3. The Hall–Kier alpha value is -3.53. The molecule has 252 valence electrons. The Labute approximate surface area is 288 Å². The molecule has 0 spiro atoms. The van der Waals surface area contributed by atoms with E-state index in [1.807, 2.05) is 30.9 Å². The first-order valence-electron chi connectivity index (χ1n) is 16.8. The van der Waals surface area contributed by atoms with Crippen molar-refractivity contribution in [3.05, 3.63) is 121 Å². The zero-order chi connectivity index (χ0) is 32.9. The number of anilines is 2. The average Bonchev–Trinajstić information content (AvgIpc) is 3.14. The lowest BCUT2D eigenvalue weighted by Gasteiger charge is -2.36. The van der Waals surface area contributed by atoms with E-state index < -0.39 is 0 Å². The van der Waals surface area contributed by atoms with Gasteiger partial charge in [0.15, 0.2) is 0 Å². The Bertz CT molecular complexity index is 1320. The van der Waals surface area contributed by atoms with Gasteiger partial charge in [0, 0.05) is 127 Å². The molecule has 0 atom stereocenters. The quantitative estimate of drug-likeness (QED) is 0.222. The highest BCUT2D eigenvalue weighted by atomic mass is 35.5. The van der Waals surface area contributed by atoms with E-state index in [9.17, 15) is 0 Å². The number of alkyl halides is 1. The van der Waals surface area contributed by atoms with Gasteiger partial charge in [-0.05, 0) is 49.5 Å². The maximum absolute atomic E-state index is 5.62. The third kappa shape index (κ3) is 14.0. The topological polar surface area (TPSA) is 54.0 Å². The van der Waals surface area contributed by atoms with Gasteiger partial charge in [-0.2, -0.15) is 0 Å². The molecule has 4 aromatic rings. The largest absolute Gasteiger partial charge is 0.369 e. The van der Waals surface area contributed by atoms with Gasteiger partial charge in [-0.1, -0.05) is 60.7 Å². The van der Waals surface area contributed by atoms with E-state index in [1.54, 1.807) is 0 Å². The normalized spacial score (nSPS) is 15.1. The fourth-order valence-electron chi connectivity index (χ4n) is 5.67. The second-order valence-electron chi connectivity index (χ2n) is 12.1. The highest BCUT2D eigenvalue weighted by molar-refractivity contribution is 6.18. The minimum atomic E-state index is 0.698. The van der Waals surface area contributed by atoms with Crippen molar-refractivity contribution >= 4 is 23.0 Å². The van der Waals surface area contributed by atoms with Crippen LogP contribution in [-0.2, 0) is 13.1 Å². The second-order valence-corrected chi connectivity index (χ2v) is 12.5. The van der Waals surface area contributed by atoms with Crippen LogP contribution in [0.25, 0.3) is 0 Å². The molecule has 2 fully saturated rings. The number of nitrogens with zero attached hydrogens (tertiary/aromatic N) is 7. The average molecular weight is 657 g/mol. The lowest BCUT2D eigenvalue weighted by molar-refractivity contribution is 0.212. The molecule has 0 bridgehead atoms. The minimum absolute atomic E-state index is 0.698. The number of pyridine rings is 2. The number of aromatic nitrogens is 2. The van der Waals surface area contributed by atoms with Crippen LogP contribution in [-0.4, -0.2) is 117 Å². The van der Waals surface area contributed by atoms with E-state index in [2.05, 4.69) is 133 Å². The standard InChI is InChI=1S/C19H26N4.C10H14ClN.C9H13N3/c1-21(17-18-5-3-2-4-6-18)11-12-22-13-15-23(16-14-22)19-7-9-20-10-8-19;1-12(8-7-11)9-10-5-3-2-4-6-10;1-3-10-4-2-9(1)12-7-5-11-6-8-12/h2-10H,11-17H2,1H3;2-6H,7-9H2,1H3;1-4,11H,5-8H2. The van der Waals surface area contributed by atoms with Crippen LogP contribution < -0.4 is 15.1 Å². The number of nitrogens with one attached hydrogen (secondary N) is 1. The summed E-state index contributed by atoms with van der Waals surface area (Å²) >= 11 is 5.62. The molecule has 0 radical (unpaired) electrons. The van der Waals surface area contributed by atoms with Crippen LogP contribution >= 0.6 is 11.6 Å². The molecule has 0 amide bonds. The predicted octanol–water partition coefficient (Wildman–Crippen LogP) is 5.18. The molecule has 2 aromatic heterocycles. The van der Waals surface area contributed by atoms with E-state index in [-0.39, 0.29) is 0 Å². The van der Waals surface area contributed by atoms with Gasteiger partial charge in [-0.15, -0.1) is 11.6 Å². The van der Waals surface area contributed by atoms with Crippen molar-refractivity contribution in [2.75, 3.05) is 102 Å². The fraction of sp³-hybridized carbons (Fsp3) is 0.421. The van der Waals surface area contributed by atoms with E-state index in [1.165, 1.54) is 22.5 Å². The molecule has 47 heavy (non-hydrogen) atoms. The van der Waals surface area contributed by atoms with E-state index in [0.717, 1.165) is 85.1 Å². The van der Waals surface area contributed by atoms with Crippen molar-refractivity contribution in [1.82, 2.24) is 30.0 Å². The molecule has 2 aliphatic rings. The summed E-state index contributed by atoms with van der Waals surface area (Å²) in [6.07, 6.45) is 7.44. The van der Waals surface area contributed by atoms with Crippen molar-refractivity contribution in [2.45, 2.75) is 13.1 Å². The molecule has 2 saturated heterocycles. The SMILES string of the molecule is CN(CCCl)Cc1ccccc1.CN(CCN1CCN(c2ccncc2)CC1)Cc1ccccc1.c1cc(N2CCNCC2)ccn1. The van der Waals surface area contributed by atoms with Gasteiger partial charge in [0.2, 0.25) is 0 Å². The summed E-state index contributed by atoms with van der Waals surface area (Å²) in [7, 11) is 4.29. The summed E-state index contributed by atoms with van der Waals surface area (Å²) in [5, 5.41) is 3.33. The van der Waals surface area contributed by atoms with Crippen LogP contribution in [0.15, 0.2) is 110 Å². The van der Waals surface area contributed by atoms with Crippen molar-refractivity contribution in [3.8, 4) is 0 Å². The molecule has 4 heterocycles. The van der Waals surface area contributed by atoms with E-state index in [4.69, 9.17) is 11.6 Å². The van der Waals surface area contributed by atoms with Gasteiger partial charge >= 0.3 is 0 Å². The van der Waals surface area contributed by atoms with E-state index >= 15 is 0 Å². The number of rotatable bonds is 11. The van der Waals surface area contributed by atoms with Crippen molar-refractivity contribution in [1.29, 1.82) is 0 Å². The van der Waals surface area contributed by atoms with E-state index in [0.29, 0.717) is 5.88 Å². The minimum Gasteiger partial charge on any atom is -0.369 e. The molecule has 9 heteroatoms. The van der Waals surface area contributed by atoms with Crippen molar-refractivity contribution < 1.29 is 0 Å². The fourth-order valence-corrected chi connectivity index (χ4v) is 5.96.